The number of nitrogens with one attached hydrogen (secondary N) is 1. The van der Waals surface area contributed by atoms with Crippen molar-refractivity contribution in [2.24, 2.45) is 10.8 Å². The molecule has 0 aliphatic carbocycles. The van der Waals surface area contributed by atoms with Gasteiger partial charge < -0.3 is 5.43 Å². The lowest BCUT2D eigenvalue weighted by Crippen LogP contribution is -2.34. The van der Waals surface area contributed by atoms with E-state index in [9.17, 15) is 0 Å². The molecule has 1 rings (SSSR count). The Labute approximate surface area is 105 Å². The molecule has 0 unspecified atom stereocenters. The minimum absolute atomic E-state index is 0.114. The zero-order valence-electron chi connectivity index (χ0n) is 9.92. The third-order valence-electron chi connectivity index (χ3n) is 1.92. The van der Waals surface area contributed by atoms with Crippen molar-refractivity contribution >= 4 is 21.8 Å². The molecule has 1 aromatic carbocycles. The van der Waals surface area contributed by atoms with Crippen LogP contribution < -0.4 is 11.3 Å². The van der Waals surface area contributed by atoms with Gasteiger partial charge in [-0.1, -0.05) is 28.1 Å². The summed E-state index contributed by atoms with van der Waals surface area (Å²) in [4.78, 5) is 4.51. The van der Waals surface area contributed by atoms with E-state index in [0.29, 0.717) is 0 Å². The number of hydrogen-bond donors (Lipinski definition) is 2. The Morgan fingerprint density at radius 2 is 1.88 bits per heavy atom. The van der Waals surface area contributed by atoms with Gasteiger partial charge in [0.1, 0.15) is 5.84 Å². The molecule has 0 spiro atoms. The average molecular weight is 284 g/mol. The van der Waals surface area contributed by atoms with Crippen molar-refractivity contribution in [3.05, 3.63) is 34.3 Å². The van der Waals surface area contributed by atoms with Crippen molar-refractivity contribution < 1.29 is 0 Å². The number of aliphatic imine (C=N–C) groups is 1. The van der Waals surface area contributed by atoms with E-state index in [-0.39, 0.29) is 5.54 Å². The molecule has 0 bridgehead atoms. The second-order valence-electron chi connectivity index (χ2n) is 4.68. The predicted molar refractivity (Wildman–Crippen MR) is 72.4 cm³/mol. The van der Waals surface area contributed by atoms with Gasteiger partial charge in [-0.3, -0.25) is 4.99 Å². The number of hydrogen-bond acceptors (Lipinski definition) is 2. The number of nitrogens with two attached hydrogens (primary N) is 1. The molecular formula is C12H18BrN3. The molecular weight excluding hydrogens is 266 g/mol. The van der Waals surface area contributed by atoms with Crippen LogP contribution in [0.3, 0.4) is 0 Å². The number of rotatable bonds is 2. The van der Waals surface area contributed by atoms with Crippen molar-refractivity contribution in [3.8, 4) is 0 Å². The van der Waals surface area contributed by atoms with Gasteiger partial charge in [-0.25, -0.2) is 5.84 Å². The van der Waals surface area contributed by atoms with Crippen LogP contribution in [-0.4, -0.2) is 11.4 Å². The maximum absolute atomic E-state index is 5.47. The van der Waals surface area contributed by atoms with Gasteiger partial charge in [0.2, 0.25) is 0 Å². The maximum atomic E-state index is 5.47. The number of benzene rings is 1. The average Bonchev–Trinajstić information content (AvgIpc) is 2.18. The van der Waals surface area contributed by atoms with Crippen LogP contribution in [-0.2, 0) is 6.42 Å². The van der Waals surface area contributed by atoms with Gasteiger partial charge in [0.15, 0.2) is 0 Å². The number of halogens is 1. The molecule has 1 aromatic rings. The first-order valence-electron chi connectivity index (χ1n) is 5.20. The lowest BCUT2D eigenvalue weighted by molar-refractivity contribution is 0.578. The summed E-state index contributed by atoms with van der Waals surface area (Å²) in [5.41, 5.74) is 3.73. The molecule has 0 aromatic heterocycles. The molecule has 0 atom stereocenters. The zero-order valence-corrected chi connectivity index (χ0v) is 11.5. The smallest absolute Gasteiger partial charge is 0.115 e. The molecule has 16 heavy (non-hydrogen) atoms. The van der Waals surface area contributed by atoms with E-state index in [0.717, 1.165) is 16.7 Å². The normalized spacial score (nSPS) is 12.7. The summed E-state index contributed by atoms with van der Waals surface area (Å²) < 4.78 is 1.08. The van der Waals surface area contributed by atoms with Gasteiger partial charge >= 0.3 is 0 Å². The summed E-state index contributed by atoms with van der Waals surface area (Å²) in [5.74, 6) is 6.27. The molecule has 4 heteroatoms. The van der Waals surface area contributed by atoms with Crippen LogP contribution in [0.5, 0.6) is 0 Å². The largest absolute Gasteiger partial charge is 0.312 e. The first kappa shape index (κ1) is 13.2. The Hall–Kier alpha value is -0.870. The third-order valence-corrected chi connectivity index (χ3v) is 2.45. The van der Waals surface area contributed by atoms with Crippen molar-refractivity contribution in [2.75, 3.05) is 0 Å². The molecule has 0 heterocycles. The Kier molecular flexibility index (Phi) is 4.50. The Morgan fingerprint density at radius 3 is 2.31 bits per heavy atom. The highest BCUT2D eigenvalue weighted by molar-refractivity contribution is 9.10. The minimum atomic E-state index is -0.114. The van der Waals surface area contributed by atoms with E-state index in [1.807, 2.05) is 32.9 Å². The topological polar surface area (TPSA) is 50.4 Å². The molecule has 0 aliphatic rings. The van der Waals surface area contributed by atoms with Gasteiger partial charge in [-0.2, -0.15) is 0 Å². The molecule has 0 saturated heterocycles. The number of nitrogens with zero attached hydrogens (tertiary/aromatic N) is 1. The van der Waals surface area contributed by atoms with Crippen molar-refractivity contribution in [3.63, 3.8) is 0 Å². The van der Waals surface area contributed by atoms with Crippen LogP contribution in [0.15, 0.2) is 33.7 Å². The highest BCUT2D eigenvalue weighted by atomic mass is 79.9. The van der Waals surface area contributed by atoms with Gasteiger partial charge in [0.25, 0.3) is 0 Å². The van der Waals surface area contributed by atoms with Crippen LogP contribution in [0.2, 0.25) is 0 Å². The van der Waals surface area contributed by atoms with E-state index >= 15 is 0 Å². The van der Waals surface area contributed by atoms with Gasteiger partial charge in [-0.15, -0.1) is 0 Å². The monoisotopic (exact) mass is 283 g/mol. The number of hydrazine groups is 1. The first-order chi connectivity index (χ1) is 7.40. The standard InChI is InChI=1S/C12H18BrN3/c1-12(2,3)15-11(16-14)8-9-4-6-10(13)7-5-9/h4-7H,8,14H2,1-3H3,(H,15,16). The quantitative estimate of drug-likeness (QED) is 0.379. The van der Waals surface area contributed by atoms with Crippen molar-refractivity contribution in [1.82, 2.24) is 5.43 Å². The van der Waals surface area contributed by atoms with Crippen molar-refractivity contribution in [2.45, 2.75) is 32.7 Å². The van der Waals surface area contributed by atoms with Crippen LogP contribution in [0.1, 0.15) is 26.3 Å². The zero-order chi connectivity index (χ0) is 12.2. The van der Waals surface area contributed by atoms with Crippen LogP contribution in [0, 0.1) is 0 Å². The molecule has 0 radical (unpaired) electrons. The summed E-state index contributed by atoms with van der Waals surface area (Å²) >= 11 is 3.41. The Balaban J connectivity index is 2.78. The summed E-state index contributed by atoms with van der Waals surface area (Å²) in [6.07, 6.45) is 0.723. The van der Waals surface area contributed by atoms with Crippen LogP contribution >= 0.6 is 15.9 Å². The van der Waals surface area contributed by atoms with Gasteiger partial charge in [0, 0.05) is 10.9 Å². The molecule has 3 N–H and O–H groups in total. The van der Waals surface area contributed by atoms with E-state index in [4.69, 9.17) is 5.84 Å². The molecule has 88 valence electrons. The van der Waals surface area contributed by atoms with Crippen LogP contribution in [0.25, 0.3) is 0 Å². The van der Waals surface area contributed by atoms with E-state index < -0.39 is 0 Å². The van der Waals surface area contributed by atoms with E-state index in [1.165, 1.54) is 5.56 Å². The second kappa shape index (κ2) is 5.46. The Morgan fingerprint density at radius 1 is 1.31 bits per heavy atom. The maximum Gasteiger partial charge on any atom is 0.115 e. The fourth-order valence-electron chi connectivity index (χ4n) is 1.32. The minimum Gasteiger partial charge on any atom is -0.312 e. The predicted octanol–water partition coefficient (Wildman–Crippen LogP) is 2.65. The van der Waals surface area contributed by atoms with Gasteiger partial charge in [0.05, 0.1) is 5.54 Å². The third kappa shape index (κ3) is 4.77. The van der Waals surface area contributed by atoms with Crippen LogP contribution in [0.4, 0.5) is 0 Å². The molecule has 0 amide bonds. The van der Waals surface area contributed by atoms with Crippen molar-refractivity contribution in [1.29, 1.82) is 0 Å². The first-order valence-corrected chi connectivity index (χ1v) is 6.00. The summed E-state index contributed by atoms with van der Waals surface area (Å²) in [7, 11) is 0. The molecule has 0 saturated carbocycles. The fraction of sp³-hybridized carbons (Fsp3) is 0.417. The fourth-order valence-corrected chi connectivity index (χ4v) is 1.59. The molecule has 0 fully saturated rings. The summed E-state index contributed by atoms with van der Waals surface area (Å²) in [6, 6.07) is 8.14. The summed E-state index contributed by atoms with van der Waals surface area (Å²) in [5, 5.41) is 0. The SMILES string of the molecule is CC(C)(C)N=C(Cc1ccc(Br)cc1)NN. The molecule has 3 nitrogen and oxygen atoms in total. The highest BCUT2D eigenvalue weighted by Gasteiger charge is 2.09. The molecule has 0 aliphatic heterocycles. The highest BCUT2D eigenvalue weighted by Crippen LogP contribution is 2.12. The lowest BCUT2D eigenvalue weighted by atomic mass is 10.1. The summed E-state index contributed by atoms with van der Waals surface area (Å²) in [6.45, 7) is 6.14. The van der Waals surface area contributed by atoms with E-state index in [1.54, 1.807) is 0 Å². The number of amidine groups is 1. The lowest BCUT2D eigenvalue weighted by Gasteiger charge is -2.15. The van der Waals surface area contributed by atoms with Gasteiger partial charge in [-0.05, 0) is 38.5 Å². The Bertz CT molecular complexity index is 363. The van der Waals surface area contributed by atoms with E-state index in [2.05, 4.69) is 38.5 Å². The second-order valence-corrected chi connectivity index (χ2v) is 5.59.